The molecule has 1 N–H and O–H groups in total. The van der Waals surface area contributed by atoms with Crippen molar-refractivity contribution >= 4 is 23.2 Å². The largest absolute Gasteiger partial charge is 0.372 e. The van der Waals surface area contributed by atoms with E-state index in [-0.39, 0.29) is 6.10 Å². The van der Waals surface area contributed by atoms with Gasteiger partial charge in [0.1, 0.15) is 0 Å². The predicted octanol–water partition coefficient (Wildman–Crippen LogP) is 3.68. The van der Waals surface area contributed by atoms with Crippen LogP contribution >= 0.6 is 23.2 Å². The first-order valence-electron chi connectivity index (χ1n) is 5.99. The van der Waals surface area contributed by atoms with E-state index in [9.17, 15) is 0 Å². The Bertz CT molecular complexity index is 384. The first-order valence-corrected chi connectivity index (χ1v) is 6.75. The number of ether oxygens (including phenoxy) is 1. The van der Waals surface area contributed by atoms with Crippen LogP contribution in [0.3, 0.4) is 0 Å². The van der Waals surface area contributed by atoms with Gasteiger partial charge in [-0.1, -0.05) is 36.2 Å². The zero-order chi connectivity index (χ0) is 12.3. The number of hydrogen-bond donors (Lipinski definition) is 1. The Kier molecular flexibility index (Phi) is 4.69. The Hall–Kier alpha value is -0.280. The molecule has 0 aromatic heterocycles. The fraction of sp³-hybridized carbons (Fsp3) is 0.538. The Morgan fingerprint density at radius 1 is 1.35 bits per heavy atom. The van der Waals surface area contributed by atoms with Crippen molar-refractivity contribution < 1.29 is 4.74 Å². The van der Waals surface area contributed by atoms with Gasteiger partial charge in [0.15, 0.2) is 0 Å². The van der Waals surface area contributed by atoms with Gasteiger partial charge in [0.25, 0.3) is 0 Å². The van der Waals surface area contributed by atoms with Crippen molar-refractivity contribution in [1.29, 1.82) is 0 Å². The molecule has 94 valence electrons. The summed E-state index contributed by atoms with van der Waals surface area (Å²) in [6.07, 6.45) is 1.20. The van der Waals surface area contributed by atoms with Crippen LogP contribution in [0, 0.1) is 5.92 Å². The number of benzene rings is 1. The Morgan fingerprint density at radius 2 is 2.18 bits per heavy atom. The fourth-order valence-electron chi connectivity index (χ4n) is 2.20. The summed E-state index contributed by atoms with van der Waals surface area (Å²) in [7, 11) is 0. The summed E-state index contributed by atoms with van der Waals surface area (Å²) < 4.78 is 5.92. The molecule has 0 unspecified atom stereocenters. The molecule has 2 atom stereocenters. The third-order valence-electron chi connectivity index (χ3n) is 3.21. The van der Waals surface area contributed by atoms with Gasteiger partial charge >= 0.3 is 0 Å². The summed E-state index contributed by atoms with van der Waals surface area (Å²) in [4.78, 5) is 0. The van der Waals surface area contributed by atoms with E-state index in [2.05, 4.69) is 12.2 Å². The SMILES string of the molecule is CC[C@@H]1CNCCO[C@H]1c1ccc(Cl)c(Cl)c1. The summed E-state index contributed by atoms with van der Waals surface area (Å²) in [6, 6.07) is 5.77. The van der Waals surface area contributed by atoms with Crippen LogP contribution in [-0.4, -0.2) is 19.7 Å². The van der Waals surface area contributed by atoms with Crippen molar-refractivity contribution in [3.63, 3.8) is 0 Å². The van der Waals surface area contributed by atoms with Gasteiger partial charge in [-0.3, -0.25) is 0 Å². The van der Waals surface area contributed by atoms with Crippen LogP contribution in [0.4, 0.5) is 0 Å². The maximum absolute atomic E-state index is 6.06. The highest BCUT2D eigenvalue weighted by molar-refractivity contribution is 6.42. The Labute approximate surface area is 112 Å². The van der Waals surface area contributed by atoms with Crippen LogP contribution in [0.2, 0.25) is 10.0 Å². The minimum Gasteiger partial charge on any atom is -0.372 e. The van der Waals surface area contributed by atoms with E-state index in [0.29, 0.717) is 16.0 Å². The van der Waals surface area contributed by atoms with Crippen molar-refractivity contribution in [3.8, 4) is 0 Å². The van der Waals surface area contributed by atoms with Crippen molar-refractivity contribution in [2.75, 3.05) is 19.7 Å². The van der Waals surface area contributed by atoms with Gasteiger partial charge in [0.2, 0.25) is 0 Å². The second kappa shape index (κ2) is 6.05. The molecule has 1 saturated heterocycles. The fourth-order valence-corrected chi connectivity index (χ4v) is 2.51. The van der Waals surface area contributed by atoms with E-state index in [1.54, 1.807) is 0 Å². The molecule has 1 aliphatic heterocycles. The molecular formula is C13H17Cl2NO. The second-order valence-corrected chi connectivity index (χ2v) is 5.15. The Morgan fingerprint density at radius 3 is 2.88 bits per heavy atom. The normalized spacial score (nSPS) is 25.6. The van der Waals surface area contributed by atoms with E-state index >= 15 is 0 Å². The highest BCUT2D eigenvalue weighted by atomic mass is 35.5. The zero-order valence-corrected chi connectivity index (χ0v) is 11.4. The molecule has 1 aromatic carbocycles. The van der Waals surface area contributed by atoms with E-state index in [4.69, 9.17) is 27.9 Å². The third-order valence-corrected chi connectivity index (χ3v) is 3.95. The van der Waals surface area contributed by atoms with Crippen molar-refractivity contribution in [3.05, 3.63) is 33.8 Å². The minimum atomic E-state index is 0.116. The van der Waals surface area contributed by atoms with Crippen molar-refractivity contribution in [2.45, 2.75) is 19.4 Å². The first-order chi connectivity index (χ1) is 8.22. The molecule has 2 rings (SSSR count). The molecule has 1 aromatic rings. The molecule has 0 bridgehead atoms. The van der Waals surface area contributed by atoms with Crippen LogP contribution in [0.25, 0.3) is 0 Å². The molecule has 0 spiro atoms. The summed E-state index contributed by atoms with van der Waals surface area (Å²) >= 11 is 12.0. The molecule has 4 heteroatoms. The summed E-state index contributed by atoms with van der Waals surface area (Å²) in [5, 5.41) is 4.58. The zero-order valence-electron chi connectivity index (χ0n) is 9.88. The molecule has 1 aliphatic rings. The van der Waals surface area contributed by atoms with Crippen molar-refractivity contribution in [1.82, 2.24) is 5.32 Å². The molecule has 2 nitrogen and oxygen atoms in total. The van der Waals surface area contributed by atoms with Gasteiger partial charge in [-0.05, 0) is 24.1 Å². The average Bonchev–Trinajstić information content (AvgIpc) is 2.57. The lowest BCUT2D eigenvalue weighted by Gasteiger charge is -2.24. The molecule has 1 fully saturated rings. The molecule has 17 heavy (non-hydrogen) atoms. The molecule has 0 amide bonds. The van der Waals surface area contributed by atoms with Crippen LogP contribution in [0.15, 0.2) is 18.2 Å². The third kappa shape index (κ3) is 3.14. The molecule has 0 saturated carbocycles. The summed E-state index contributed by atoms with van der Waals surface area (Å²) in [5.41, 5.74) is 1.12. The highest BCUT2D eigenvalue weighted by Gasteiger charge is 2.24. The Balaban J connectivity index is 2.25. The van der Waals surface area contributed by atoms with Gasteiger partial charge in [-0.2, -0.15) is 0 Å². The van der Waals surface area contributed by atoms with E-state index < -0.39 is 0 Å². The lowest BCUT2D eigenvalue weighted by Crippen LogP contribution is -2.23. The van der Waals surface area contributed by atoms with Gasteiger partial charge < -0.3 is 10.1 Å². The number of hydrogen-bond acceptors (Lipinski definition) is 2. The molecule has 0 radical (unpaired) electrons. The van der Waals surface area contributed by atoms with Crippen molar-refractivity contribution in [2.24, 2.45) is 5.92 Å². The van der Waals surface area contributed by atoms with Crippen LogP contribution < -0.4 is 5.32 Å². The molecule has 1 heterocycles. The van der Waals surface area contributed by atoms with E-state index in [1.165, 1.54) is 0 Å². The predicted molar refractivity (Wildman–Crippen MR) is 71.8 cm³/mol. The highest BCUT2D eigenvalue weighted by Crippen LogP contribution is 2.33. The lowest BCUT2D eigenvalue weighted by atomic mass is 9.93. The molecule has 0 aliphatic carbocycles. The van der Waals surface area contributed by atoms with Gasteiger partial charge in [0.05, 0.1) is 22.8 Å². The van der Waals surface area contributed by atoms with Gasteiger partial charge in [0, 0.05) is 19.0 Å². The topological polar surface area (TPSA) is 21.3 Å². The quantitative estimate of drug-likeness (QED) is 0.888. The summed E-state index contributed by atoms with van der Waals surface area (Å²) in [6.45, 7) is 4.82. The van der Waals surface area contributed by atoms with E-state index in [0.717, 1.165) is 31.7 Å². The smallest absolute Gasteiger partial charge is 0.0866 e. The second-order valence-electron chi connectivity index (χ2n) is 4.34. The van der Waals surface area contributed by atoms with Crippen LogP contribution in [0.1, 0.15) is 25.0 Å². The standard InChI is InChI=1S/C13H17Cl2NO/c1-2-9-8-16-5-6-17-13(9)10-3-4-11(14)12(15)7-10/h3-4,7,9,13,16H,2,5-6,8H2,1H3/t9-,13-/m1/s1. The van der Waals surface area contributed by atoms with Gasteiger partial charge in [-0.25, -0.2) is 0 Å². The minimum absolute atomic E-state index is 0.116. The average molecular weight is 274 g/mol. The number of nitrogens with one attached hydrogen (secondary N) is 1. The van der Waals surface area contributed by atoms with Crippen LogP contribution in [-0.2, 0) is 4.74 Å². The summed E-state index contributed by atoms with van der Waals surface area (Å²) in [5.74, 6) is 0.481. The number of halogens is 2. The first kappa shape index (κ1) is 13.2. The monoisotopic (exact) mass is 273 g/mol. The molecular weight excluding hydrogens is 257 g/mol. The lowest BCUT2D eigenvalue weighted by molar-refractivity contribution is 0.0295. The van der Waals surface area contributed by atoms with E-state index in [1.807, 2.05) is 18.2 Å². The number of rotatable bonds is 2. The van der Waals surface area contributed by atoms with Crippen LogP contribution in [0.5, 0.6) is 0 Å². The maximum atomic E-state index is 6.06. The maximum Gasteiger partial charge on any atom is 0.0866 e. The van der Waals surface area contributed by atoms with Gasteiger partial charge in [-0.15, -0.1) is 0 Å².